The van der Waals surface area contributed by atoms with Gasteiger partial charge >= 0.3 is 6.18 Å². The number of pyridine rings is 1. The number of piperidine rings is 1. The molecule has 0 amide bonds. The van der Waals surface area contributed by atoms with Crippen molar-refractivity contribution in [2.24, 2.45) is 0 Å². The van der Waals surface area contributed by atoms with Gasteiger partial charge in [0.25, 0.3) is 0 Å². The monoisotopic (exact) mass is 442 g/mol. The zero-order valence-corrected chi connectivity index (χ0v) is 17.3. The molecule has 4 heterocycles. The van der Waals surface area contributed by atoms with Crippen LogP contribution in [0.4, 0.5) is 13.2 Å². The van der Waals surface area contributed by atoms with Crippen LogP contribution in [0.3, 0.4) is 0 Å². The molecule has 1 fully saturated rings. The predicted molar refractivity (Wildman–Crippen MR) is 110 cm³/mol. The molecule has 3 aromatic heterocycles. The standard InChI is InChI=1S/C22H21F3N6O/c1-14(20-28-29-21(32-20)15-6-3-2-4-7-15)30-11-5-8-16(12-30)19-27-26-18-10-9-17(13-31(18)19)22(23,24)25/h2-4,6-7,9-10,13-14,16H,5,8,11-12H2,1H3. The minimum Gasteiger partial charge on any atom is -0.419 e. The summed E-state index contributed by atoms with van der Waals surface area (Å²) in [5.74, 6) is 1.46. The lowest BCUT2D eigenvalue weighted by Crippen LogP contribution is -2.37. The highest BCUT2D eigenvalue weighted by Gasteiger charge is 2.33. The van der Waals surface area contributed by atoms with Gasteiger partial charge in [-0.2, -0.15) is 13.2 Å². The van der Waals surface area contributed by atoms with Crippen LogP contribution < -0.4 is 0 Å². The summed E-state index contributed by atoms with van der Waals surface area (Å²) in [4.78, 5) is 2.20. The molecule has 5 rings (SSSR count). The fraction of sp³-hybridized carbons (Fsp3) is 0.364. The van der Waals surface area contributed by atoms with E-state index in [0.717, 1.165) is 37.2 Å². The molecule has 1 aliphatic rings. The summed E-state index contributed by atoms with van der Waals surface area (Å²) in [5.41, 5.74) is 0.541. The number of nitrogens with zero attached hydrogens (tertiary/aromatic N) is 6. The third kappa shape index (κ3) is 3.86. The second-order valence-electron chi connectivity index (χ2n) is 8.02. The molecule has 0 saturated carbocycles. The Morgan fingerprint density at radius 2 is 1.84 bits per heavy atom. The molecule has 0 N–H and O–H groups in total. The van der Waals surface area contributed by atoms with E-state index in [-0.39, 0.29) is 12.0 Å². The van der Waals surface area contributed by atoms with Crippen molar-refractivity contribution in [1.82, 2.24) is 29.7 Å². The highest BCUT2D eigenvalue weighted by molar-refractivity contribution is 5.51. The van der Waals surface area contributed by atoms with Crippen LogP contribution in [0, 0.1) is 0 Å². The van der Waals surface area contributed by atoms with Crippen LogP contribution in [0.1, 0.15) is 49.0 Å². The molecule has 0 bridgehead atoms. The summed E-state index contributed by atoms with van der Waals surface area (Å²) in [6.45, 7) is 3.43. The van der Waals surface area contributed by atoms with E-state index < -0.39 is 11.7 Å². The first-order valence-electron chi connectivity index (χ1n) is 10.4. The van der Waals surface area contributed by atoms with E-state index in [9.17, 15) is 13.2 Å². The molecule has 10 heteroatoms. The SMILES string of the molecule is CC(c1nnc(-c2ccccc2)o1)N1CCCC(c2nnc3ccc(C(F)(F)F)cn23)C1. The quantitative estimate of drug-likeness (QED) is 0.455. The van der Waals surface area contributed by atoms with Crippen molar-refractivity contribution in [1.29, 1.82) is 0 Å². The van der Waals surface area contributed by atoms with Crippen molar-refractivity contribution in [3.8, 4) is 11.5 Å². The summed E-state index contributed by atoms with van der Waals surface area (Å²) in [5, 5.41) is 16.7. The summed E-state index contributed by atoms with van der Waals surface area (Å²) < 4.78 is 46.9. The van der Waals surface area contributed by atoms with Crippen LogP contribution >= 0.6 is 0 Å². The summed E-state index contributed by atoms with van der Waals surface area (Å²) >= 11 is 0. The Kier molecular flexibility index (Phi) is 5.16. The number of benzene rings is 1. The number of likely N-dealkylation sites (tertiary alicyclic amines) is 1. The molecule has 0 radical (unpaired) electrons. The average molecular weight is 442 g/mol. The zero-order valence-electron chi connectivity index (χ0n) is 17.3. The molecule has 7 nitrogen and oxygen atoms in total. The molecule has 1 saturated heterocycles. The van der Waals surface area contributed by atoms with Gasteiger partial charge in [0.05, 0.1) is 11.6 Å². The van der Waals surface area contributed by atoms with Crippen LogP contribution in [0.2, 0.25) is 0 Å². The van der Waals surface area contributed by atoms with Crippen molar-refractivity contribution in [3.63, 3.8) is 0 Å². The van der Waals surface area contributed by atoms with Crippen LogP contribution in [0.25, 0.3) is 17.1 Å². The number of hydrogen-bond acceptors (Lipinski definition) is 6. The zero-order chi connectivity index (χ0) is 22.3. The molecule has 32 heavy (non-hydrogen) atoms. The largest absolute Gasteiger partial charge is 0.419 e. The maximum absolute atomic E-state index is 13.2. The maximum Gasteiger partial charge on any atom is 0.417 e. The first kappa shape index (κ1) is 20.6. The molecule has 4 aromatic rings. The van der Waals surface area contributed by atoms with Gasteiger partial charge in [-0.1, -0.05) is 18.2 Å². The Morgan fingerprint density at radius 3 is 2.62 bits per heavy atom. The van der Waals surface area contributed by atoms with Crippen LogP contribution in [0.15, 0.2) is 53.1 Å². The molecule has 2 unspecified atom stereocenters. The Balaban J connectivity index is 1.37. The van der Waals surface area contributed by atoms with E-state index in [2.05, 4.69) is 25.3 Å². The number of fused-ring (bicyclic) bond motifs is 1. The topological polar surface area (TPSA) is 72.3 Å². The second-order valence-corrected chi connectivity index (χ2v) is 8.02. The second kappa shape index (κ2) is 8.01. The van der Waals surface area contributed by atoms with Crippen molar-refractivity contribution in [2.75, 3.05) is 13.1 Å². The van der Waals surface area contributed by atoms with E-state index in [1.165, 1.54) is 10.5 Å². The number of hydrogen-bond donors (Lipinski definition) is 0. The predicted octanol–water partition coefficient (Wildman–Crippen LogP) is 4.74. The van der Waals surface area contributed by atoms with Crippen LogP contribution in [0.5, 0.6) is 0 Å². The number of rotatable bonds is 4. The lowest BCUT2D eigenvalue weighted by molar-refractivity contribution is -0.137. The molecular formula is C22H21F3N6O. The maximum atomic E-state index is 13.2. The molecule has 2 atom stereocenters. The highest BCUT2D eigenvalue weighted by Crippen LogP contribution is 2.34. The Bertz CT molecular complexity index is 1220. The van der Waals surface area contributed by atoms with Crippen molar-refractivity contribution < 1.29 is 17.6 Å². The van der Waals surface area contributed by atoms with Gasteiger partial charge in [-0.25, -0.2) is 0 Å². The van der Waals surface area contributed by atoms with E-state index in [0.29, 0.717) is 29.8 Å². The van der Waals surface area contributed by atoms with Gasteiger partial charge in [-0.05, 0) is 50.6 Å². The fourth-order valence-electron chi connectivity index (χ4n) is 4.18. The van der Waals surface area contributed by atoms with Crippen LogP contribution in [-0.4, -0.2) is 42.8 Å². The van der Waals surface area contributed by atoms with Gasteiger partial charge < -0.3 is 4.42 Å². The van der Waals surface area contributed by atoms with Crippen LogP contribution in [-0.2, 0) is 6.18 Å². The first-order chi connectivity index (χ1) is 15.4. The van der Waals surface area contributed by atoms with E-state index in [1.807, 2.05) is 37.3 Å². The smallest absolute Gasteiger partial charge is 0.417 e. The normalized spacial score (nSPS) is 18.8. The van der Waals surface area contributed by atoms with Crippen molar-refractivity contribution >= 4 is 5.65 Å². The van der Waals surface area contributed by atoms with Gasteiger partial charge in [0.15, 0.2) is 5.65 Å². The summed E-state index contributed by atoms with van der Waals surface area (Å²) in [6.07, 6.45) is -1.64. The molecule has 1 aliphatic heterocycles. The fourth-order valence-corrected chi connectivity index (χ4v) is 4.18. The van der Waals surface area contributed by atoms with E-state index >= 15 is 0 Å². The molecule has 1 aromatic carbocycles. The summed E-state index contributed by atoms with van der Waals surface area (Å²) in [6, 6.07) is 11.8. The minimum atomic E-state index is -4.42. The number of halogens is 3. The first-order valence-corrected chi connectivity index (χ1v) is 10.4. The Hall–Kier alpha value is -3.27. The van der Waals surface area contributed by atoms with Gasteiger partial charge in [-0.15, -0.1) is 20.4 Å². The van der Waals surface area contributed by atoms with Gasteiger partial charge in [0.2, 0.25) is 11.8 Å². The van der Waals surface area contributed by atoms with Gasteiger partial charge in [-0.3, -0.25) is 9.30 Å². The number of aromatic nitrogens is 5. The molecule has 166 valence electrons. The van der Waals surface area contributed by atoms with Gasteiger partial charge in [0, 0.05) is 24.2 Å². The average Bonchev–Trinajstić information content (AvgIpc) is 3.46. The highest BCUT2D eigenvalue weighted by atomic mass is 19.4. The summed E-state index contributed by atoms with van der Waals surface area (Å²) in [7, 11) is 0. The third-order valence-electron chi connectivity index (χ3n) is 5.94. The lowest BCUT2D eigenvalue weighted by atomic mass is 9.96. The molecular weight excluding hydrogens is 421 g/mol. The molecule has 0 aliphatic carbocycles. The Labute approximate surface area is 181 Å². The third-order valence-corrected chi connectivity index (χ3v) is 5.94. The minimum absolute atomic E-state index is 0.0544. The van der Waals surface area contributed by atoms with E-state index in [4.69, 9.17) is 4.42 Å². The number of alkyl halides is 3. The van der Waals surface area contributed by atoms with E-state index in [1.54, 1.807) is 0 Å². The van der Waals surface area contributed by atoms with Crippen molar-refractivity contribution in [2.45, 2.75) is 37.9 Å². The van der Waals surface area contributed by atoms with Gasteiger partial charge in [0.1, 0.15) is 5.82 Å². The van der Waals surface area contributed by atoms with Crippen molar-refractivity contribution in [3.05, 3.63) is 65.9 Å². The molecule has 0 spiro atoms. The Morgan fingerprint density at radius 1 is 1.03 bits per heavy atom. The lowest BCUT2D eigenvalue weighted by Gasteiger charge is -2.34.